The number of ether oxygens (including phenoxy) is 1. The van der Waals surface area contributed by atoms with Gasteiger partial charge in [0, 0.05) is 44.9 Å². The monoisotopic (exact) mass is 328 g/mol. The molecule has 0 fully saturated rings. The molecule has 0 spiro atoms. The standard InChI is InChI=1S/C19H28N4O/c1-19(2,3)18-21-15(13-24-6)11-17(22-18)20-12-14-8-7-9-16(10-14)23(4)5/h7-11H,12-13H2,1-6H3,(H,20,21,22). The predicted octanol–water partition coefficient (Wildman–Crippen LogP) is 3.60. The van der Waals surface area contributed by atoms with Gasteiger partial charge < -0.3 is 15.0 Å². The Morgan fingerprint density at radius 1 is 1.12 bits per heavy atom. The van der Waals surface area contributed by atoms with Gasteiger partial charge in [-0.2, -0.15) is 0 Å². The third-order valence-electron chi connectivity index (χ3n) is 3.64. The summed E-state index contributed by atoms with van der Waals surface area (Å²) in [6.07, 6.45) is 0. The molecule has 0 bridgehead atoms. The minimum Gasteiger partial charge on any atom is -0.378 e. The van der Waals surface area contributed by atoms with E-state index in [4.69, 9.17) is 4.74 Å². The molecule has 5 heteroatoms. The van der Waals surface area contributed by atoms with Crippen molar-refractivity contribution >= 4 is 11.5 Å². The molecular formula is C19H28N4O. The summed E-state index contributed by atoms with van der Waals surface area (Å²) in [6.45, 7) is 7.54. The highest BCUT2D eigenvalue weighted by Gasteiger charge is 2.19. The molecule has 1 heterocycles. The summed E-state index contributed by atoms with van der Waals surface area (Å²) in [4.78, 5) is 11.4. The lowest BCUT2D eigenvalue weighted by Gasteiger charge is -2.19. The van der Waals surface area contributed by atoms with E-state index in [2.05, 4.69) is 65.2 Å². The summed E-state index contributed by atoms with van der Waals surface area (Å²) >= 11 is 0. The molecule has 2 rings (SSSR count). The fourth-order valence-electron chi connectivity index (χ4n) is 2.28. The molecule has 0 saturated carbocycles. The van der Waals surface area contributed by atoms with Gasteiger partial charge in [-0.05, 0) is 17.7 Å². The number of rotatable bonds is 6. The molecule has 5 nitrogen and oxygen atoms in total. The molecule has 0 unspecified atom stereocenters. The predicted molar refractivity (Wildman–Crippen MR) is 99.5 cm³/mol. The van der Waals surface area contributed by atoms with Crippen LogP contribution >= 0.6 is 0 Å². The third kappa shape index (κ3) is 4.93. The molecule has 2 aromatic rings. The normalized spacial score (nSPS) is 11.4. The largest absolute Gasteiger partial charge is 0.378 e. The van der Waals surface area contributed by atoms with Gasteiger partial charge in [-0.25, -0.2) is 9.97 Å². The molecule has 0 amide bonds. The smallest absolute Gasteiger partial charge is 0.136 e. The SMILES string of the molecule is COCc1cc(NCc2cccc(N(C)C)c2)nc(C(C)(C)C)n1. The number of anilines is 2. The molecule has 1 aromatic carbocycles. The van der Waals surface area contributed by atoms with Gasteiger partial charge in [0.25, 0.3) is 0 Å². The Hall–Kier alpha value is -2.14. The average molecular weight is 328 g/mol. The van der Waals surface area contributed by atoms with Crippen LogP contribution in [0, 0.1) is 0 Å². The molecule has 0 atom stereocenters. The second-order valence-electron chi connectivity index (χ2n) is 7.17. The highest BCUT2D eigenvalue weighted by Crippen LogP contribution is 2.21. The van der Waals surface area contributed by atoms with Crippen molar-refractivity contribution < 1.29 is 4.74 Å². The summed E-state index contributed by atoms with van der Waals surface area (Å²) in [5.41, 5.74) is 3.19. The van der Waals surface area contributed by atoms with Crippen molar-refractivity contribution in [1.82, 2.24) is 9.97 Å². The molecule has 0 saturated heterocycles. The fourth-order valence-corrected chi connectivity index (χ4v) is 2.28. The molecule has 0 aliphatic carbocycles. The van der Waals surface area contributed by atoms with E-state index in [9.17, 15) is 0 Å². The van der Waals surface area contributed by atoms with Crippen LogP contribution in [0.3, 0.4) is 0 Å². The molecule has 130 valence electrons. The third-order valence-corrected chi connectivity index (χ3v) is 3.64. The molecule has 0 radical (unpaired) electrons. The maximum atomic E-state index is 5.23. The van der Waals surface area contributed by atoms with Crippen molar-refractivity contribution in [1.29, 1.82) is 0 Å². The number of nitrogens with one attached hydrogen (secondary N) is 1. The highest BCUT2D eigenvalue weighted by molar-refractivity contribution is 5.48. The molecule has 0 aliphatic rings. The lowest BCUT2D eigenvalue weighted by molar-refractivity contribution is 0.181. The van der Waals surface area contributed by atoms with Gasteiger partial charge in [0.05, 0.1) is 12.3 Å². The second-order valence-corrected chi connectivity index (χ2v) is 7.17. The number of nitrogens with zero attached hydrogens (tertiary/aromatic N) is 3. The molecule has 0 aliphatic heterocycles. The first-order chi connectivity index (χ1) is 11.3. The number of hydrogen-bond acceptors (Lipinski definition) is 5. The van der Waals surface area contributed by atoms with E-state index in [1.807, 2.05) is 20.2 Å². The van der Waals surface area contributed by atoms with E-state index in [-0.39, 0.29) is 5.41 Å². The zero-order valence-corrected chi connectivity index (χ0v) is 15.6. The topological polar surface area (TPSA) is 50.3 Å². The zero-order valence-electron chi connectivity index (χ0n) is 15.6. The number of methoxy groups -OCH3 is 1. The summed E-state index contributed by atoms with van der Waals surface area (Å²) in [5, 5.41) is 3.41. The van der Waals surface area contributed by atoms with Gasteiger partial charge in [0.15, 0.2) is 0 Å². The van der Waals surface area contributed by atoms with Crippen LogP contribution < -0.4 is 10.2 Å². The van der Waals surface area contributed by atoms with Gasteiger partial charge in [0.1, 0.15) is 11.6 Å². The maximum Gasteiger partial charge on any atom is 0.136 e. The molecule has 1 N–H and O–H groups in total. The van der Waals surface area contributed by atoms with E-state index >= 15 is 0 Å². The van der Waals surface area contributed by atoms with Crippen molar-refractivity contribution in [3.63, 3.8) is 0 Å². The first-order valence-electron chi connectivity index (χ1n) is 8.17. The van der Waals surface area contributed by atoms with Gasteiger partial charge >= 0.3 is 0 Å². The van der Waals surface area contributed by atoms with E-state index < -0.39 is 0 Å². The van der Waals surface area contributed by atoms with Crippen LogP contribution in [-0.2, 0) is 23.3 Å². The van der Waals surface area contributed by atoms with Crippen LogP contribution in [-0.4, -0.2) is 31.2 Å². The van der Waals surface area contributed by atoms with Crippen molar-refractivity contribution in [3.05, 3.63) is 47.4 Å². The van der Waals surface area contributed by atoms with Gasteiger partial charge in [-0.1, -0.05) is 32.9 Å². The molecule has 1 aromatic heterocycles. The maximum absolute atomic E-state index is 5.23. The number of aromatic nitrogens is 2. The Labute approximate surface area is 145 Å². The van der Waals surface area contributed by atoms with Crippen molar-refractivity contribution in [3.8, 4) is 0 Å². The summed E-state index contributed by atoms with van der Waals surface area (Å²) in [7, 11) is 5.77. The van der Waals surface area contributed by atoms with Crippen molar-refractivity contribution in [2.24, 2.45) is 0 Å². The van der Waals surface area contributed by atoms with E-state index in [1.54, 1.807) is 7.11 Å². The number of benzene rings is 1. The van der Waals surface area contributed by atoms with Crippen LogP contribution in [0.25, 0.3) is 0 Å². The Morgan fingerprint density at radius 3 is 2.50 bits per heavy atom. The number of hydrogen-bond donors (Lipinski definition) is 1. The summed E-state index contributed by atoms with van der Waals surface area (Å²) in [5.74, 6) is 1.65. The first-order valence-corrected chi connectivity index (χ1v) is 8.17. The summed E-state index contributed by atoms with van der Waals surface area (Å²) in [6, 6.07) is 10.4. The Morgan fingerprint density at radius 2 is 1.88 bits per heavy atom. The van der Waals surface area contributed by atoms with E-state index in [0.717, 1.165) is 17.3 Å². The van der Waals surface area contributed by atoms with Crippen LogP contribution in [0.1, 0.15) is 37.9 Å². The van der Waals surface area contributed by atoms with Gasteiger partial charge in [-0.15, -0.1) is 0 Å². The van der Waals surface area contributed by atoms with E-state index in [0.29, 0.717) is 13.2 Å². The minimum atomic E-state index is -0.106. The molecule has 24 heavy (non-hydrogen) atoms. The zero-order chi connectivity index (χ0) is 17.7. The van der Waals surface area contributed by atoms with Crippen molar-refractivity contribution in [2.45, 2.75) is 39.3 Å². The van der Waals surface area contributed by atoms with Crippen LogP contribution in [0.4, 0.5) is 11.5 Å². The Balaban J connectivity index is 2.19. The first kappa shape index (κ1) is 18.2. The fraction of sp³-hybridized carbons (Fsp3) is 0.474. The second kappa shape index (κ2) is 7.62. The van der Waals surface area contributed by atoms with Gasteiger partial charge in [-0.3, -0.25) is 0 Å². The summed E-state index contributed by atoms with van der Waals surface area (Å²) < 4.78 is 5.23. The quantitative estimate of drug-likeness (QED) is 0.878. The van der Waals surface area contributed by atoms with E-state index in [1.165, 1.54) is 11.3 Å². The van der Waals surface area contributed by atoms with Crippen molar-refractivity contribution in [2.75, 3.05) is 31.4 Å². The van der Waals surface area contributed by atoms with Gasteiger partial charge in [0.2, 0.25) is 0 Å². The lowest BCUT2D eigenvalue weighted by Crippen LogP contribution is -2.18. The Kier molecular flexibility index (Phi) is 5.78. The molecular weight excluding hydrogens is 300 g/mol. The van der Waals surface area contributed by atoms with Crippen LogP contribution in [0.15, 0.2) is 30.3 Å². The highest BCUT2D eigenvalue weighted by atomic mass is 16.5. The Bertz CT molecular complexity index is 677. The van der Waals surface area contributed by atoms with Crippen LogP contribution in [0.2, 0.25) is 0 Å². The van der Waals surface area contributed by atoms with Crippen LogP contribution in [0.5, 0.6) is 0 Å². The lowest BCUT2D eigenvalue weighted by atomic mass is 9.95. The average Bonchev–Trinajstić information content (AvgIpc) is 2.52. The minimum absolute atomic E-state index is 0.106.